The van der Waals surface area contributed by atoms with Crippen LogP contribution in [0, 0.1) is 5.92 Å². The summed E-state index contributed by atoms with van der Waals surface area (Å²) in [7, 11) is 0. The highest BCUT2D eigenvalue weighted by Gasteiger charge is 2.26. The maximum atomic E-state index is 12.2. The fourth-order valence-electron chi connectivity index (χ4n) is 3.30. The molecule has 0 radical (unpaired) electrons. The Kier molecular flexibility index (Phi) is 4.48. The molecular weight excluding hydrogens is 290 g/mol. The van der Waals surface area contributed by atoms with Gasteiger partial charge in [-0.25, -0.2) is 0 Å². The van der Waals surface area contributed by atoms with Crippen LogP contribution in [0.5, 0.6) is 0 Å². The Morgan fingerprint density at radius 2 is 2.17 bits per heavy atom. The van der Waals surface area contributed by atoms with Crippen LogP contribution in [0.4, 0.5) is 0 Å². The summed E-state index contributed by atoms with van der Waals surface area (Å²) in [5, 5.41) is 4.54. The Hall–Kier alpha value is -2.14. The number of likely N-dealkylation sites (tertiary alicyclic amines) is 1. The molecule has 0 bridgehead atoms. The van der Waals surface area contributed by atoms with E-state index < -0.39 is 0 Å². The van der Waals surface area contributed by atoms with Gasteiger partial charge in [0.25, 0.3) is 5.56 Å². The van der Waals surface area contributed by atoms with Crippen molar-refractivity contribution in [1.82, 2.24) is 15.2 Å². The van der Waals surface area contributed by atoms with Crippen LogP contribution in [0.25, 0.3) is 10.9 Å². The quantitative estimate of drug-likeness (QED) is 0.909. The third-order valence-corrected chi connectivity index (χ3v) is 4.74. The van der Waals surface area contributed by atoms with Gasteiger partial charge in [-0.1, -0.05) is 25.1 Å². The van der Waals surface area contributed by atoms with Crippen LogP contribution in [0.2, 0.25) is 0 Å². The second-order valence-corrected chi connectivity index (χ2v) is 6.43. The zero-order chi connectivity index (χ0) is 16.4. The zero-order valence-corrected chi connectivity index (χ0v) is 13.6. The van der Waals surface area contributed by atoms with Gasteiger partial charge in [0.1, 0.15) is 0 Å². The topological polar surface area (TPSA) is 65.2 Å². The van der Waals surface area contributed by atoms with Gasteiger partial charge in [0.15, 0.2) is 0 Å². The van der Waals surface area contributed by atoms with E-state index in [1.165, 1.54) is 0 Å². The minimum absolute atomic E-state index is 0.0370. The fraction of sp³-hybridized carbons (Fsp3) is 0.444. The van der Waals surface area contributed by atoms with E-state index in [-0.39, 0.29) is 11.5 Å². The first-order chi connectivity index (χ1) is 11.0. The predicted molar refractivity (Wildman–Crippen MR) is 91.2 cm³/mol. The molecule has 1 aromatic carbocycles. The fourth-order valence-corrected chi connectivity index (χ4v) is 3.30. The van der Waals surface area contributed by atoms with Crippen LogP contribution in [0.3, 0.4) is 0 Å². The molecule has 1 aliphatic heterocycles. The Balaban J connectivity index is 1.68. The van der Waals surface area contributed by atoms with Crippen LogP contribution in [-0.2, 0) is 11.3 Å². The molecule has 1 amide bonds. The lowest BCUT2D eigenvalue weighted by Gasteiger charge is -2.37. The maximum absolute atomic E-state index is 12.2. The monoisotopic (exact) mass is 313 g/mol. The van der Waals surface area contributed by atoms with Crippen molar-refractivity contribution in [3.8, 4) is 0 Å². The average molecular weight is 313 g/mol. The number of amides is 1. The molecular formula is C18H23N3O2. The molecule has 1 saturated heterocycles. The number of aromatic amines is 1. The molecule has 2 atom stereocenters. The van der Waals surface area contributed by atoms with E-state index in [4.69, 9.17) is 0 Å². The third-order valence-electron chi connectivity index (χ3n) is 4.74. The maximum Gasteiger partial charge on any atom is 0.252 e. The van der Waals surface area contributed by atoms with E-state index in [9.17, 15) is 9.59 Å². The van der Waals surface area contributed by atoms with Gasteiger partial charge < -0.3 is 15.2 Å². The number of carbonyl (C=O) groups excluding carboxylic acids is 1. The van der Waals surface area contributed by atoms with E-state index in [1.54, 1.807) is 6.92 Å². The van der Waals surface area contributed by atoms with Crippen LogP contribution in [0.1, 0.15) is 25.8 Å². The van der Waals surface area contributed by atoms with Crippen molar-refractivity contribution < 1.29 is 4.79 Å². The summed E-state index contributed by atoms with van der Waals surface area (Å²) in [5.74, 6) is 0.522. The molecule has 5 nitrogen and oxygen atoms in total. The number of fused-ring (bicyclic) bond motifs is 1. The van der Waals surface area contributed by atoms with Crippen molar-refractivity contribution in [2.45, 2.75) is 32.9 Å². The highest BCUT2D eigenvalue weighted by atomic mass is 16.2. The van der Waals surface area contributed by atoms with Gasteiger partial charge in [-0.15, -0.1) is 0 Å². The lowest BCUT2D eigenvalue weighted by molar-refractivity contribution is -0.130. The minimum Gasteiger partial charge on any atom is -0.343 e. The van der Waals surface area contributed by atoms with Gasteiger partial charge in [0.2, 0.25) is 5.91 Å². The van der Waals surface area contributed by atoms with Crippen molar-refractivity contribution in [2.24, 2.45) is 5.92 Å². The molecule has 3 rings (SSSR count). The van der Waals surface area contributed by atoms with E-state index >= 15 is 0 Å². The second-order valence-electron chi connectivity index (χ2n) is 6.43. The van der Waals surface area contributed by atoms with Crippen LogP contribution in [-0.4, -0.2) is 34.9 Å². The van der Waals surface area contributed by atoms with E-state index in [0.717, 1.165) is 36.0 Å². The molecule has 0 saturated carbocycles. The van der Waals surface area contributed by atoms with Gasteiger partial charge in [0, 0.05) is 43.7 Å². The summed E-state index contributed by atoms with van der Waals surface area (Å²) in [5.41, 5.74) is 1.58. The summed E-state index contributed by atoms with van der Waals surface area (Å²) in [6, 6.07) is 10.1. The molecule has 23 heavy (non-hydrogen) atoms. The molecule has 0 aliphatic carbocycles. The van der Waals surface area contributed by atoms with Crippen molar-refractivity contribution in [1.29, 1.82) is 0 Å². The van der Waals surface area contributed by atoms with Crippen molar-refractivity contribution >= 4 is 16.8 Å². The number of piperidine rings is 1. The first kappa shape index (κ1) is 15.7. The highest BCUT2D eigenvalue weighted by Crippen LogP contribution is 2.17. The molecule has 2 aromatic rings. The highest BCUT2D eigenvalue weighted by molar-refractivity contribution is 5.78. The number of pyridine rings is 1. The number of H-pyrrole nitrogens is 1. The minimum atomic E-state index is -0.0370. The van der Waals surface area contributed by atoms with Crippen molar-refractivity contribution in [2.75, 3.05) is 13.1 Å². The summed E-state index contributed by atoms with van der Waals surface area (Å²) in [6.07, 6.45) is 0.923. The first-order valence-corrected chi connectivity index (χ1v) is 8.14. The Morgan fingerprint density at radius 1 is 1.39 bits per heavy atom. The lowest BCUT2D eigenvalue weighted by atomic mass is 9.93. The number of aromatic nitrogens is 1. The number of hydrogen-bond donors (Lipinski definition) is 2. The van der Waals surface area contributed by atoms with Crippen molar-refractivity contribution in [3.05, 3.63) is 46.2 Å². The Morgan fingerprint density at radius 3 is 2.91 bits per heavy atom. The lowest BCUT2D eigenvalue weighted by Crippen LogP contribution is -2.49. The number of rotatable bonds is 3. The molecule has 2 N–H and O–H groups in total. The molecule has 2 heterocycles. The number of carbonyl (C=O) groups is 1. The average Bonchev–Trinajstić information content (AvgIpc) is 2.53. The molecule has 0 unspecified atom stereocenters. The molecule has 1 aliphatic rings. The Labute approximate surface area is 135 Å². The number of hydrogen-bond acceptors (Lipinski definition) is 3. The summed E-state index contributed by atoms with van der Waals surface area (Å²) in [4.78, 5) is 28.5. The van der Waals surface area contributed by atoms with E-state index in [0.29, 0.717) is 18.5 Å². The van der Waals surface area contributed by atoms with Gasteiger partial charge in [-0.2, -0.15) is 0 Å². The van der Waals surface area contributed by atoms with Gasteiger partial charge in [0.05, 0.1) is 0 Å². The molecule has 0 spiro atoms. The molecule has 5 heteroatoms. The number of benzene rings is 1. The first-order valence-electron chi connectivity index (χ1n) is 8.14. The van der Waals surface area contributed by atoms with Crippen LogP contribution < -0.4 is 10.9 Å². The smallest absolute Gasteiger partial charge is 0.252 e. The van der Waals surface area contributed by atoms with Crippen molar-refractivity contribution in [3.63, 3.8) is 0 Å². The summed E-state index contributed by atoms with van der Waals surface area (Å²) >= 11 is 0. The second kappa shape index (κ2) is 6.54. The third kappa shape index (κ3) is 3.45. The predicted octanol–water partition coefficient (Wildman–Crippen LogP) is 1.87. The van der Waals surface area contributed by atoms with E-state index in [2.05, 4.69) is 17.2 Å². The largest absolute Gasteiger partial charge is 0.343 e. The van der Waals surface area contributed by atoms with Gasteiger partial charge in [-0.05, 0) is 29.9 Å². The van der Waals surface area contributed by atoms with Crippen LogP contribution >= 0.6 is 0 Å². The summed E-state index contributed by atoms with van der Waals surface area (Å²) in [6.45, 7) is 5.88. The molecule has 1 aromatic heterocycles. The van der Waals surface area contributed by atoms with Gasteiger partial charge >= 0.3 is 0 Å². The molecule has 122 valence electrons. The SMILES string of the molecule is CC(=O)N1CC[C@@H](NCc2cc3ccccc3[nH]c2=O)[C@H](C)C1. The molecule has 1 fully saturated rings. The Bertz CT molecular complexity index is 768. The number of para-hydroxylation sites is 1. The van der Waals surface area contributed by atoms with Gasteiger partial charge in [-0.3, -0.25) is 9.59 Å². The zero-order valence-electron chi connectivity index (χ0n) is 13.6. The summed E-state index contributed by atoms with van der Waals surface area (Å²) < 4.78 is 0. The number of nitrogens with one attached hydrogen (secondary N) is 2. The standard InChI is InChI=1S/C18H23N3O2/c1-12-11-21(13(2)22)8-7-16(12)19-10-15-9-14-5-3-4-6-17(14)20-18(15)23/h3-6,9,12,16,19H,7-8,10-11H2,1-2H3,(H,20,23)/t12-,16-/m1/s1. The van der Waals surface area contributed by atoms with Crippen LogP contribution in [0.15, 0.2) is 35.1 Å². The number of nitrogens with zero attached hydrogens (tertiary/aromatic N) is 1. The van der Waals surface area contributed by atoms with E-state index in [1.807, 2.05) is 35.2 Å². The normalized spacial score (nSPS) is 21.6.